The molecule has 1 aliphatic carbocycles. The standard InChI is InChI=1S/C19H28N6O2/c1-14(26)25(9-7-18-21-19(27-22-18)16-4-3-5-16)17-6-8-24(13-17)12-15-10-20-23(2)11-15/h10-11,16-17H,3-9,12-13H2,1-2H3. The van der Waals surface area contributed by atoms with Gasteiger partial charge in [-0.25, -0.2) is 0 Å². The van der Waals surface area contributed by atoms with E-state index in [1.54, 1.807) is 6.92 Å². The molecule has 3 heterocycles. The van der Waals surface area contributed by atoms with E-state index in [1.165, 1.54) is 12.0 Å². The number of aryl methyl sites for hydroxylation is 1. The molecular weight excluding hydrogens is 344 g/mol. The molecule has 4 rings (SSSR count). The summed E-state index contributed by atoms with van der Waals surface area (Å²) in [5.74, 6) is 2.06. The summed E-state index contributed by atoms with van der Waals surface area (Å²) in [7, 11) is 1.93. The highest BCUT2D eigenvalue weighted by Crippen LogP contribution is 2.35. The van der Waals surface area contributed by atoms with E-state index in [1.807, 2.05) is 29.0 Å². The van der Waals surface area contributed by atoms with Gasteiger partial charge in [-0.05, 0) is 19.3 Å². The fourth-order valence-electron chi connectivity index (χ4n) is 4.03. The summed E-state index contributed by atoms with van der Waals surface area (Å²) in [6.45, 7) is 5.07. The molecule has 0 aromatic carbocycles. The van der Waals surface area contributed by atoms with Crippen LogP contribution < -0.4 is 0 Å². The number of likely N-dealkylation sites (tertiary alicyclic amines) is 1. The summed E-state index contributed by atoms with van der Waals surface area (Å²) in [6, 6.07) is 0.247. The average Bonchev–Trinajstić information content (AvgIpc) is 3.29. The predicted molar refractivity (Wildman–Crippen MR) is 98.9 cm³/mol. The van der Waals surface area contributed by atoms with Crippen molar-refractivity contribution in [1.82, 2.24) is 29.7 Å². The molecule has 2 aliphatic rings. The first kappa shape index (κ1) is 18.2. The Kier molecular flexibility index (Phi) is 5.24. The van der Waals surface area contributed by atoms with Crippen molar-refractivity contribution in [3.05, 3.63) is 29.7 Å². The van der Waals surface area contributed by atoms with Crippen molar-refractivity contribution in [2.45, 2.75) is 57.5 Å². The van der Waals surface area contributed by atoms with Crippen LogP contribution in [-0.4, -0.2) is 61.3 Å². The minimum atomic E-state index is 0.117. The fraction of sp³-hybridized carbons (Fsp3) is 0.684. The molecule has 27 heavy (non-hydrogen) atoms. The monoisotopic (exact) mass is 372 g/mol. The molecule has 2 aromatic rings. The van der Waals surface area contributed by atoms with Crippen molar-refractivity contribution >= 4 is 5.91 Å². The van der Waals surface area contributed by atoms with E-state index in [-0.39, 0.29) is 11.9 Å². The van der Waals surface area contributed by atoms with E-state index < -0.39 is 0 Å². The van der Waals surface area contributed by atoms with Crippen LogP contribution in [0.15, 0.2) is 16.9 Å². The smallest absolute Gasteiger partial charge is 0.229 e. The van der Waals surface area contributed by atoms with Gasteiger partial charge in [-0.1, -0.05) is 11.6 Å². The normalized spacial score (nSPS) is 20.7. The van der Waals surface area contributed by atoms with Gasteiger partial charge < -0.3 is 9.42 Å². The van der Waals surface area contributed by atoms with Crippen LogP contribution in [0.1, 0.15) is 55.8 Å². The zero-order chi connectivity index (χ0) is 18.8. The maximum Gasteiger partial charge on any atom is 0.229 e. The Balaban J connectivity index is 1.31. The molecular formula is C19H28N6O2. The number of hydrogen-bond donors (Lipinski definition) is 0. The van der Waals surface area contributed by atoms with E-state index in [9.17, 15) is 4.79 Å². The van der Waals surface area contributed by atoms with Crippen molar-refractivity contribution in [1.29, 1.82) is 0 Å². The predicted octanol–water partition coefficient (Wildman–Crippen LogP) is 1.74. The molecule has 0 N–H and O–H groups in total. The first-order chi connectivity index (χ1) is 13.1. The van der Waals surface area contributed by atoms with Crippen molar-refractivity contribution in [2.24, 2.45) is 7.05 Å². The summed E-state index contributed by atoms with van der Waals surface area (Å²) in [6.07, 6.45) is 9.15. The molecule has 146 valence electrons. The maximum atomic E-state index is 12.2. The molecule has 0 spiro atoms. The Morgan fingerprint density at radius 2 is 2.22 bits per heavy atom. The molecule has 8 heteroatoms. The van der Waals surface area contributed by atoms with Crippen molar-refractivity contribution < 1.29 is 9.32 Å². The highest BCUT2D eigenvalue weighted by molar-refractivity contribution is 5.73. The van der Waals surface area contributed by atoms with Gasteiger partial charge in [-0.2, -0.15) is 10.1 Å². The lowest BCUT2D eigenvalue weighted by Crippen LogP contribution is -2.42. The third-order valence-corrected chi connectivity index (χ3v) is 5.77. The lowest BCUT2D eigenvalue weighted by atomic mass is 9.85. The van der Waals surface area contributed by atoms with Crippen LogP contribution in [0.25, 0.3) is 0 Å². The number of carbonyl (C=O) groups excluding carboxylic acids is 1. The van der Waals surface area contributed by atoms with Crippen molar-refractivity contribution in [3.63, 3.8) is 0 Å². The summed E-state index contributed by atoms with van der Waals surface area (Å²) >= 11 is 0. The second kappa shape index (κ2) is 7.80. The molecule has 1 saturated carbocycles. The van der Waals surface area contributed by atoms with Crippen LogP contribution in [0.4, 0.5) is 0 Å². The molecule has 2 aromatic heterocycles. The average molecular weight is 372 g/mol. The van der Waals surface area contributed by atoms with Crippen LogP contribution in [0.2, 0.25) is 0 Å². The van der Waals surface area contributed by atoms with Crippen LogP contribution in [0, 0.1) is 0 Å². The Morgan fingerprint density at radius 1 is 1.37 bits per heavy atom. The number of rotatable bonds is 7. The minimum Gasteiger partial charge on any atom is -0.339 e. The SMILES string of the molecule is CC(=O)N(CCc1noc(C2CCC2)n1)C1CCN(Cc2cnn(C)c2)C1. The Bertz CT molecular complexity index is 781. The van der Waals surface area contributed by atoms with Crippen LogP contribution >= 0.6 is 0 Å². The largest absolute Gasteiger partial charge is 0.339 e. The lowest BCUT2D eigenvalue weighted by molar-refractivity contribution is -0.130. The summed E-state index contributed by atoms with van der Waals surface area (Å²) < 4.78 is 7.22. The van der Waals surface area contributed by atoms with Crippen molar-refractivity contribution in [3.8, 4) is 0 Å². The fourth-order valence-corrected chi connectivity index (χ4v) is 4.03. The number of amides is 1. The number of aromatic nitrogens is 4. The zero-order valence-electron chi connectivity index (χ0n) is 16.2. The van der Waals surface area contributed by atoms with E-state index in [2.05, 4.69) is 20.1 Å². The molecule has 1 amide bonds. The molecule has 1 aliphatic heterocycles. The van der Waals surface area contributed by atoms with E-state index in [0.29, 0.717) is 24.7 Å². The quantitative estimate of drug-likeness (QED) is 0.736. The van der Waals surface area contributed by atoms with Crippen LogP contribution in [0.5, 0.6) is 0 Å². The third-order valence-electron chi connectivity index (χ3n) is 5.77. The topological polar surface area (TPSA) is 80.3 Å². The van der Waals surface area contributed by atoms with Crippen LogP contribution in [0.3, 0.4) is 0 Å². The molecule has 1 unspecified atom stereocenters. The van der Waals surface area contributed by atoms with Gasteiger partial charge in [0.2, 0.25) is 11.8 Å². The molecule has 8 nitrogen and oxygen atoms in total. The summed E-state index contributed by atoms with van der Waals surface area (Å²) in [5, 5.41) is 8.34. The summed E-state index contributed by atoms with van der Waals surface area (Å²) in [5.41, 5.74) is 1.21. The number of nitrogens with zero attached hydrogens (tertiary/aromatic N) is 6. The maximum absolute atomic E-state index is 12.2. The highest BCUT2D eigenvalue weighted by atomic mass is 16.5. The molecule has 2 fully saturated rings. The zero-order valence-corrected chi connectivity index (χ0v) is 16.2. The number of carbonyl (C=O) groups is 1. The van der Waals surface area contributed by atoms with Gasteiger partial charge in [0.25, 0.3) is 0 Å². The second-order valence-corrected chi connectivity index (χ2v) is 7.84. The Labute approximate surface area is 159 Å². The van der Waals surface area contributed by atoms with E-state index in [0.717, 1.165) is 44.8 Å². The van der Waals surface area contributed by atoms with E-state index >= 15 is 0 Å². The molecule has 1 atom stereocenters. The summed E-state index contributed by atoms with van der Waals surface area (Å²) in [4.78, 5) is 21.1. The van der Waals surface area contributed by atoms with Crippen molar-refractivity contribution in [2.75, 3.05) is 19.6 Å². The number of hydrogen-bond acceptors (Lipinski definition) is 6. The lowest BCUT2D eigenvalue weighted by Gasteiger charge is -2.27. The second-order valence-electron chi connectivity index (χ2n) is 7.84. The Hall–Kier alpha value is -2.22. The minimum absolute atomic E-state index is 0.117. The van der Waals surface area contributed by atoms with Gasteiger partial charge in [0.05, 0.1) is 6.20 Å². The molecule has 0 bridgehead atoms. The van der Waals surface area contributed by atoms with E-state index in [4.69, 9.17) is 4.52 Å². The van der Waals surface area contributed by atoms with Gasteiger partial charge >= 0.3 is 0 Å². The first-order valence-electron chi connectivity index (χ1n) is 9.88. The molecule has 1 saturated heterocycles. The van der Waals surface area contributed by atoms with Gasteiger partial charge in [0.1, 0.15) is 0 Å². The van der Waals surface area contributed by atoms with Gasteiger partial charge in [-0.3, -0.25) is 14.4 Å². The first-order valence-corrected chi connectivity index (χ1v) is 9.88. The third kappa shape index (κ3) is 4.21. The Morgan fingerprint density at radius 3 is 2.89 bits per heavy atom. The highest BCUT2D eigenvalue weighted by Gasteiger charge is 2.30. The van der Waals surface area contributed by atoms with Gasteiger partial charge in [0, 0.05) is 70.3 Å². The van der Waals surface area contributed by atoms with Crippen LogP contribution in [-0.2, 0) is 24.8 Å². The van der Waals surface area contributed by atoms with Gasteiger partial charge in [-0.15, -0.1) is 0 Å². The van der Waals surface area contributed by atoms with Gasteiger partial charge in [0.15, 0.2) is 5.82 Å². The molecule has 0 radical (unpaired) electrons.